The minimum absolute atomic E-state index is 0.0216. The van der Waals surface area contributed by atoms with E-state index in [4.69, 9.17) is 5.73 Å². The molecular weight excluding hydrogens is 283 g/mol. The molecule has 5 nitrogen and oxygen atoms in total. The number of nitrogens with two attached hydrogens (primary N) is 1. The lowest BCUT2D eigenvalue weighted by atomic mass is 10.1. The van der Waals surface area contributed by atoms with Crippen molar-refractivity contribution in [2.45, 2.75) is 26.0 Å². The van der Waals surface area contributed by atoms with Crippen molar-refractivity contribution in [3.05, 3.63) is 55.9 Å². The van der Waals surface area contributed by atoms with Crippen molar-refractivity contribution in [3.63, 3.8) is 0 Å². The Balaban J connectivity index is 2.59. The van der Waals surface area contributed by atoms with Crippen molar-refractivity contribution in [3.8, 4) is 0 Å². The van der Waals surface area contributed by atoms with Crippen LogP contribution in [0.2, 0.25) is 0 Å². The van der Waals surface area contributed by atoms with Gasteiger partial charge in [0.15, 0.2) is 0 Å². The van der Waals surface area contributed by atoms with Crippen molar-refractivity contribution in [1.29, 1.82) is 0 Å². The van der Waals surface area contributed by atoms with E-state index in [0.717, 1.165) is 16.0 Å². The summed E-state index contributed by atoms with van der Waals surface area (Å²) < 4.78 is 13.0. The summed E-state index contributed by atoms with van der Waals surface area (Å²) in [5, 5.41) is 9.28. The zero-order chi connectivity index (χ0) is 15.1. The lowest BCUT2D eigenvalue weighted by Gasteiger charge is -2.10. The van der Waals surface area contributed by atoms with E-state index in [0.29, 0.717) is 17.9 Å². The van der Waals surface area contributed by atoms with E-state index < -0.39 is 5.09 Å². The van der Waals surface area contributed by atoms with E-state index in [1.54, 1.807) is 13.0 Å². The van der Waals surface area contributed by atoms with Crippen molar-refractivity contribution >= 4 is 11.8 Å². The molecule has 0 spiro atoms. The number of allylic oxidation sites excluding steroid dienone is 1. The molecule has 0 heterocycles. The molecule has 1 aromatic carbocycles. The Morgan fingerprint density at radius 2 is 2.25 bits per heavy atom. The van der Waals surface area contributed by atoms with Crippen molar-refractivity contribution in [2.24, 2.45) is 5.73 Å². The molecule has 20 heavy (non-hydrogen) atoms. The third-order valence-electron chi connectivity index (χ3n) is 2.67. The van der Waals surface area contributed by atoms with Crippen LogP contribution in [0.25, 0.3) is 0 Å². The second kappa shape index (κ2) is 7.74. The molecular formula is C13H17FN2O3S. The first-order valence-corrected chi connectivity index (χ1v) is 6.99. The minimum Gasteiger partial charge on any atom is -0.402 e. The molecule has 0 amide bonds. The Morgan fingerprint density at radius 3 is 2.80 bits per heavy atom. The average molecular weight is 300 g/mol. The van der Waals surface area contributed by atoms with Crippen LogP contribution in [0.5, 0.6) is 0 Å². The van der Waals surface area contributed by atoms with Crippen molar-refractivity contribution in [1.82, 2.24) is 0 Å². The standard InChI is InChI=1S/C13H17FN2O3S/c1-9-7-12(14)4-3-11(9)8-20-13(10(2)15)5-6-19-16(17)18/h3-4,7H,5-6,8,15H2,1-2H3/b13-10-. The normalized spacial score (nSPS) is 11.9. The van der Waals surface area contributed by atoms with Crippen LogP contribution in [0.1, 0.15) is 24.5 Å². The Labute approximate surface area is 121 Å². The highest BCUT2D eigenvalue weighted by atomic mass is 32.2. The van der Waals surface area contributed by atoms with Gasteiger partial charge in [0.1, 0.15) is 12.4 Å². The molecule has 0 aliphatic rings. The van der Waals surface area contributed by atoms with Gasteiger partial charge in [0, 0.05) is 22.8 Å². The fraction of sp³-hybridized carbons (Fsp3) is 0.385. The number of thioether (sulfide) groups is 1. The first-order chi connectivity index (χ1) is 9.40. The SMILES string of the molecule is C/C(N)=C(\CCO[N+](=O)[O-])SCc1ccc(F)cc1C. The zero-order valence-corrected chi connectivity index (χ0v) is 12.2. The molecule has 7 heteroatoms. The van der Waals surface area contributed by atoms with Crippen LogP contribution in [0.15, 0.2) is 28.8 Å². The molecule has 0 radical (unpaired) electrons. The molecule has 0 atom stereocenters. The smallest absolute Gasteiger partial charge is 0.294 e. The van der Waals surface area contributed by atoms with Crippen LogP contribution in [0, 0.1) is 22.9 Å². The highest BCUT2D eigenvalue weighted by Crippen LogP contribution is 2.27. The second-order valence-electron chi connectivity index (χ2n) is 4.27. The summed E-state index contributed by atoms with van der Waals surface area (Å²) in [6.07, 6.45) is 0.383. The van der Waals surface area contributed by atoms with Gasteiger partial charge in [-0.3, -0.25) is 0 Å². The Kier molecular flexibility index (Phi) is 6.30. The van der Waals surface area contributed by atoms with Gasteiger partial charge in [0.05, 0.1) is 0 Å². The molecule has 0 fully saturated rings. The number of rotatable bonds is 7. The van der Waals surface area contributed by atoms with Gasteiger partial charge in [-0.05, 0) is 37.1 Å². The summed E-state index contributed by atoms with van der Waals surface area (Å²) >= 11 is 1.48. The van der Waals surface area contributed by atoms with Gasteiger partial charge < -0.3 is 10.6 Å². The van der Waals surface area contributed by atoms with Gasteiger partial charge >= 0.3 is 0 Å². The third-order valence-corrected chi connectivity index (χ3v) is 4.00. The van der Waals surface area contributed by atoms with Gasteiger partial charge in [-0.25, -0.2) is 4.39 Å². The summed E-state index contributed by atoms with van der Waals surface area (Å²) in [5.41, 5.74) is 8.24. The van der Waals surface area contributed by atoms with Crippen LogP contribution in [0.3, 0.4) is 0 Å². The van der Waals surface area contributed by atoms with E-state index >= 15 is 0 Å². The van der Waals surface area contributed by atoms with E-state index in [1.807, 2.05) is 6.92 Å². The number of nitrogens with zero attached hydrogens (tertiary/aromatic N) is 1. The highest BCUT2D eigenvalue weighted by Gasteiger charge is 2.07. The number of halogens is 1. The molecule has 1 rings (SSSR count). The minimum atomic E-state index is -0.821. The number of benzene rings is 1. The summed E-state index contributed by atoms with van der Waals surface area (Å²) in [6, 6.07) is 4.62. The largest absolute Gasteiger partial charge is 0.402 e. The molecule has 0 aromatic heterocycles. The lowest BCUT2D eigenvalue weighted by Crippen LogP contribution is -2.05. The lowest BCUT2D eigenvalue weighted by molar-refractivity contribution is -0.757. The fourth-order valence-electron chi connectivity index (χ4n) is 1.58. The molecule has 1 aromatic rings. The first kappa shape index (κ1) is 16.3. The predicted octanol–water partition coefficient (Wildman–Crippen LogP) is 3.16. The number of hydrogen-bond donors (Lipinski definition) is 1. The van der Waals surface area contributed by atoms with Gasteiger partial charge in [-0.2, -0.15) is 0 Å². The van der Waals surface area contributed by atoms with E-state index in [-0.39, 0.29) is 12.4 Å². The van der Waals surface area contributed by atoms with Gasteiger partial charge in [-0.15, -0.1) is 21.9 Å². The molecule has 2 N–H and O–H groups in total. The third kappa shape index (κ3) is 5.48. The van der Waals surface area contributed by atoms with Crippen molar-refractivity contribution < 1.29 is 14.3 Å². The topological polar surface area (TPSA) is 78.4 Å². The monoisotopic (exact) mass is 300 g/mol. The molecule has 0 aliphatic heterocycles. The summed E-state index contributed by atoms with van der Waals surface area (Å²) in [5.74, 6) is 0.371. The molecule has 0 aliphatic carbocycles. The van der Waals surface area contributed by atoms with Crippen molar-refractivity contribution in [2.75, 3.05) is 6.61 Å². The van der Waals surface area contributed by atoms with Crippen LogP contribution in [-0.4, -0.2) is 11.7 Å². The van der Waals surface area contributed by atoms with E-state index in [1.165, 1.54) is 23.9 Å². The summed E-state index contributed by atoms with van der Waals surface area (Å²) in [4.78, 5) is 15.2. The summed E-state index contributed by atoms with van der Waals surface area (Å²) in [6.45, 7) is 3.56. The van der Waals surface area contributed by atoms with E-state index in [9.17, 15) is 14.5 Å². The van der Waals surface area contributed by atoms with Crippen LogP contribution >= 0.6 is 11.8 Å². The maximum atomic E-state index is 13.0. The Hall–Kier alpha value is -1.76. The fourth-order valence-corrected chi connectivity index (χ4v) is 2.69. The van der Waals surface area contributed by atoms with E-state index in [2.05, 4.69) is 4.84 Å². The molecule has 0 bridgehead atoms. The number of hydrogen-bond acceptors (Lipinski definition) is 5. The van der Waals surface area contributed by atoms with Gasteiger partial charge in [0.25, 0.3) is 5.09 Å². The predicted molar refractivity (Wildman–Crippen MR) is 76.9 cm³/mol. The zero-order valence-electron chi connectivity index (χ0n) is 11.4. The highest BCUT2D eigenvalue weighted by molar-refractivity contribution is 8.02. The Morgan fingerprint density at radius 1 is 1.55 bits per heavy atom. The quantitative estimate of drug-likeness (QED) is 0.618. The summed E-state index contributed by atoms with van der Waals surface area (Å²) in [7, 11) is 0. The first-order valence-electron chi connectivity index (χ1n) is 6.00. The Bertz CT molecular complexity index is 516. The maximum Gasteiger partial charge on any atom is 0.294 e. The van der Waals surface area contributed by atoms with Crippen LogP contribution in [0.4, 0.5) is 4.39 Å². The van der Waals surface area contributed by atoms with Crippen LogP contribution < -0.4 is 5.73 Å². The van der Waals surface area contributed by atoms with Crippen LogP contribution in [-0.2, 0) is 10.6 Å². The average Bonchev–Trinajstić information content (AvgIpc) is 2.34. The molecule has 0 unspecified atom stereocenters. The van der Waals surface area contributed by atoms with Gasteiger partial charge in [0.2, 0.25) is 0 Å². The molecule has 0 saturated carbocycles. The van der Waals surface area contributed by atoms with Gasteiger partial charge in [-0.1, -0.05) is 6.07 Å². The molecule has 0 saturated heterocycles. The molecule has 110 valence electrons. The second-order valence-corrected chi connectivity index (χ2v) is 5.34. The number of aryl methyl sites for hydroxylation is 1. The maximum absolute atomic E-state index is 13.0.